The average molecular weight is 432 g/mol. The Morgan fingerprint density at radius 2 is 2.14 bits per heavy atom. The number of pyridine rings is 1. The summed E-state index contributed by atoms with van der Waals surface area (Å²) in [6.45, 7) is 5.06. The molecular formula is C21H24FN4OS2+. The highest BCUT2D eigenvalue weighted by molar-refractivity contribution is 8.02. The summed E-state index contributed by atoms with van der Waals surface area (Å²) in [5.41, 5.74) is 2.00. The van der Waals surface area contributed by atoms with E-state index in [1.54, 1.807) is 19.3 Å². The van der Waals surface area contributed by atoms with Gasteiger partial charge in [0, 0.05) is 35.8 Å². The van der Waals surface area contributed by atoms with E-state index in [-0.39, 0.29) is 18.5 Å². The van der Waals surface area contributed by atoms with Crippen molar-refractivity contribution in [2.45, 2.75) is 25.3 Å². The number of aromatic nitrogens is 1. The standard InChI is InChI=1S/C21H23FN4OS2/c1-15(2)19-20(29-18-8-4-7-17(22)10-18)26(13-25-19,14-27-21(28)23-3)12-16-6-5-9-24-11-16/h4-11,13,15H,12,14H2,1-3H3/p+1. The first kappa shape index (κ1) is 21.4. The Kier molecular flexibility index (Phi) is 7.00. The zero-order chi connectivity index (χ0) is 20.9. The fourth-order valence-corrected chi connectivity index (χ4v) is 4.34. The first-order valence-electron chi connectivity index (χ1n) is 9.27. The van der Waals surface area contributed by atoms with E-state index in [4.69, 9.17) is 21.9 Å². The van der Waals surface area contributed by atoms with Gasteiger partial charge in [-0.2, -0.15) is 0 Å². The van der Waals surface area contributed by atoms with E-state index < -0.39 is 0 Å². The van der Waals surface area contributed by atoms with Crippen LogP contribution in [0.25, 0.3) is 0 Å². The van der Waals surface area contributed by atoms with Crippen molar-refractivity contribution in [1.82, 2.24) is 10.3 Å². The van der Waals surface area contributed by atoms with Gasteiger partial charge in [-0.25, -0.2) is 13.9 Å². The maximum Gasteiger partial charge on any atom is 0.260 e. The lowest BCUT2D eigenvalue weighted by Crippen LogP contribution is -2.45. The summed E-state index contributed by atoms with van der Waals surface area (Å²) < 4.78 is 20.0. The van der Waals surface area contributed by atoms with Crippen molar-refractivity contribution in [3.05, 3.63) is 70.9 Å². The molecule has 5 nitrogen and oxygen atoms in total. The second-order valence-corrected chi connectivity index (χ2v) is 8.45. The van der Waals surface area contributed by atoms with Gasteiger partial charge < -0.3 is 10.1 Å². The summed E-state index contributed by atoms with van der Waals surface area (Å²) in [4.78, 5) is 9.79. The second-order valence-electron chi connectivity index (χ2n) is 7.01. The zero-order valence-corrected chi connectivity index (χ0v) is 18.3. The third-order valence-corrected chi connectivity index (χ3v) is 5.99. The van der Waals surface area contributed by atoms with Crippen LogP contribution in [-0.4, -0.2) is 34.8 Å². The van der Waals surface area contributed by atoms with Crippen molar-refractivity contribution < 1.29 is 13.6 Å². The Balaban J connectivity index is 2.02. The fourth-order valence-electron chi connectivity index (χ4n) is 3.00. The summed E-state index contributed by atoms with van der Waals surface area (Å²) in [5.74, 6) is -0.0639. The van der Waals surface area contributed by atoms with Gasteiger partial charge in [0.2, 0.25) is 11.8 Å². The average Bonchev–Trinajstić information content (AvgIpc) is 3.05. The number of quaternary nitrogens is 1. The molecule has 1 N–H and O–H groups in total. The molecule has 0 amide bonds. The van der Waals surface area contributed by atoms with Gasteiger partial charge in [-0.1, -0.05) is 26.0 Å². The maximum atomic E-state index is 13.8. The van der Waals surface area contributed by atoms with Gasteiger partial charge in [-0.3, -0.25) is 4.98 Å². The van der Waals surface area contributed by atoms with E-state index in [9.17, 15) is 4.39 Å². The van der Waals surface area contributed by atoms with Crippen molar-refractivity contribution >= 4 is 35.5 Å². The number of nitrogens with one attached hydrogen (secondary N) is 1. The van der Waals surface area contributed by atoms with E-state index in [1.807, 2.05) is 30.7 Å². The van der Waals surface area contributed by atoms with Crippen LogP contribution in [0.5, 0.6) is 0 Å². The summed E-state index contributed by atoms with van der Waals surface area (Å²) >= 11 is 6.71. The van der Waals surface area contributed by atoms with E-state index in [0.717, 1.165) is 21.2 Å². The van der Waals surface area contributed by atoms with Crippen LogP contribution in [0.3, 0.4) is 0 Å². The third-order valence-electron chi connectivity index (χ3n) is 4.42. The maximum absolute atomic E-state index is 13.8. The lowest BCUT2D eigenvalue weighted by Gasteiger charge is -2.32. The monoisotopic (exact) mass is 431 g/mol. The lowest BCUT2D eigenvalue weighted by atomic mass is 10.1. The van der Waals surface area contributed by atoms with Crippen LogP contribution in [0, 0.1) is 11.7 Å². The molecule has 0 radical (unpaired) electrons. The van der Waals surface area contributed by atoms with Crippen LogP contribution in [0.2, 0.25) is 0 Å². The van der Waals surface area contributed by atoms with E-state index in [1.165, 1.54) is 23.9 Å². The number of rotatable bonds is 7. The molecular weight excluding hydrogens is 407 g/mol. The largest absolute Gasteiger partial charge is 0.419 e. The molecule has 0 saturated heterocycles. The number of thioether (sulfide) groups is 1. The van der Waals surface area contributed by atoms with Gasteiger partial charge in [-0.15, -0.1) is 0 Å². The predicted octanol–water partition coefficient (Wildman–Crippen LogP) is 4.68. The molecule has 2 heterocycles. The van der Waals surface area contributed by atoms with E-state index in [2.05, 4.69) is 24.1 Å². The van der Waals surface area contributed by atoms with Crippen molar-refractivity contribution in [2.24, 2.45) is 10.9 Å². The third kappa shape index (κ3) is 5.20. The molecule has 152 valence electrons. The molecule has 8 heteroatoms. The molecule has 0 fully saturated rings. The first-order chi connectivity index (χ1) is 13.9. The van der Waals surface area contributed by atoms with Crippen LogP contribution in [-0.2, 0) is 11.3 Å². The van der Waals surface area contributed by atoms with Crippen molar-refractivity contribution in [2.75, 3.05) is 13.8 Å². The quantitative estimate of drug-likeness (QED) is 0.510. The summed E-state index contributed by atoms with van der Waals surface area (Å²) in [6.07, 6.45) is 5.47. The highest BCUT2D eigenvalue weighted by Gasteiger charge is 2.41. The minimum atomic E-state index is -0.265. The molecule has 3 rings (SSSR count). The number of benzene rings is 1. The fraction of sp³-hybridized carbons (Fsp3) is 0.286. The van der Waals surface area contributed by atoms with Crippen LogP contribution < -0.4 is 5.32 Å². The number of halogens is 1. The smallest absolute Gasteiger partial charge is 0.260 e. The zero-order valence-electron chi connectivity index (χ0n) is 16.6. The van der Waals surface area contributed by atoms with Crippen molar-refractivity contribution in [3.8, 4) is 0 Å². The molecule has 0 bridgehead atoms. The minimum absolute atomic E-state index is 0.201. The molecule has 0 spiro atoms. The normalized spacial score (nSPS) is 18.4. The number of aliphatic imine (C=N–C) groups is 1. The Hall–Kier alpha value is -2.29. The Labute approximate surface area is 180 Å². The van der Waals surface area contributed by atoms with E-state index in [0.29, 0.717) is 16.2 Å². The van der Waals surface area contributed by atoms with Gasteiger partial charge in [-0.05, 0) is 48.2 Å². The van der Waals surface area contributed by atoms with Gasteiger partial charge in [0.15, 0.2) is 6.34 Å². The van der Waals surface area contributed by atoms with Gasteiger partial charge >= 0.3 is 0 Å². The number of thiocarbonyl (C=S) groups is 1. The molecule has 1 aliphatic rings. The van der Waals surface area contributed by atoms with E-state index >= 15 is 0 Å². The summed E-state index contributed by atoms with van der Waals surface area (Å²) in [6, 6.07) is 10.5. The highest BCUT2D eigenvalue weighted by Crippen LogP contribution is 2.43. The minimum Gasteiger partial charge on any atom is -0.419 e. The van der Waals surface area contributed by atoms with Crippen LogP contribution in [0.1, 0.15) is 19.4 Å². The number of allylic oxidation sites excluding steroid dienone is 1. The predicted molar refractivity (Wildman–Crippen MR) is 118 cm³/mol. The molecule has 2 aromatic rings. The summed E-state index contributed by atoms with van der Waals surface area (Å²) in [7, 11) is 1.73. The second kappa shape index (κ2) is 9.47. The highest BCUT2D eigenvalue weighted by atomic mass is 32.2. The Bertz CT molecular complexity index is 933. The molecule has 1 unspecified atom stereocenters. The molecule has 0 saturated carbocycles. The Morgan fingerprint density at radius 1 is 1.31 bits per heavy atom. The first-order valence-corrected chi connectivity index (χ1v) is 10.5. The van der Waals surface area contributed by atoms with Crippen LogP contribution in [0.15, 0.2) is 69.4 Å². The van der Waals surface area contributed by atoms with Crippen LogP contribution >= 0.6 is 24.0 Å². The van der Waals surface area contributed by atoms with Crippen molar-refractivity contribution in [1.29, 1.82) is 0 Å². The van der Waals surface area contributed by atoms with Gasteiger partial charge in [0.1, 0.15) is 18.1 Å². The lowest BCUT2D eigenvalue weighted by molar-refractivity contribution is -0.819. The molecule has 1 aromatic carbocycles. The van der Waals surface area contributed by atoms with Crippen molar-refractivity contribution in [3.63, 3.8) is 0 Å². The topological polar surface area (TPSA) is 46.5 Å². The van der Waals surface area contributed by atoms with Crippen LogP contribution in [0.4, 0.5) is 4.39 Å². The number of nitrogens with zero attached hydrogens (tertiary/aromatic N) is 3. The van der Waals surface area contributed by atoms with Gasteiger partial charge in [0.25, 0.3) is 5.17 Å². The number of hydrogen-bond acceptors (Lipinski definition) is 5. The SMILES string of the molecule is CNC(=S)OC[N+]1(Cc2cccnc2)C=NC(C(C)C)=C1Sc1cccc(F)c1. The molecule has 1 atom stereocenters. The van der Waals surface area contributed by atoms with Gasteiger partial charge in [0.05, 0.1) is 0 Å². The Morgan fingerprint density at radius 3 is 2.79 bits per heavy atom. The number of hydrogen-bond donors (Lipinski definition) is 1. The molecule has 29 heavy (non-hydrogen) atoms. The molecule has 1 aromatic heterocycles. The molecule has 0 aliphatic carbocycles. The number of ether oxygens (including phenoxy) is 1. The summed E-state index contributed by atoms with van der Waals surface area (Å²) in [5, 5.41) is 4.15. The molecule has 1 aliphatic heterocycles.